The summed E-state index contributed by atoms with van der Waals surface area (Å²) in [6.45, 7) is 0.568. The van der Waals surface area contributed by atoms with Crippen LogP contribution in [0.5, 0.6) is 5.88 Å². The highest BCUT2D eigenvalue weighted by Gasteiger charge is 2.50. The van der Waals surface area contributed by atoms with Gasteiger partial charge in [-0.15, -0.1) is 0 Å². The van der Waals surface area contributed by atoms with Gasteiger partial charge in [-0.05, 0) is 25.1 Å². The van der Waals surface area contributed by atoms with Crippen molar-refractivity contribution in [2.75, 3.05) is 6.61 Å². The van der Waals surface area contributed by atoms with Gasteiger partial charge in [-0.2, -0.15) is 13.2 Å². The minimum atomic E-state index is -4.68. The van der Waals surface area contributed by atoms with E-state index in [0.29, 0.717) is 5.56 Å². The first-order chi connectivity index (χ1) is 16.4. The van der Waals surface area contributed by atoms with Gasteiger partial charge in [0.25, 0.3) is 6.43 Å². The minimum absolute atomic E-state index is 0.0683. The Morgan fingerprint density at radius 1 is 1.20 bits per heavy atom. The molecule has 8 nitrogen and oxygen atoms in total. The lowest BCUT2D eigenvalue weighted by Gasteiger charge is -2.43. The number of ether oxygens (including phenoxy) is 2. The van der Waals surface area contributed by atoms with E-state index >= 15 is 0 Å². The average molecular weight is 503 g/mol. The predicted octanol–water partition coefficient (Wildman–Crippen LogP) is 3.98. The molecule has 1 fully saturated rings. The summed E-state index contributed by atoms with van der Waals surface area (Å²) in [6.07, 6.45) is -9.23. The summed E-state index contributed by atoms with van der Waals surface area (Å²) in [4.78, 5) is 7.90. The number of rotatable bonds is 6. The van der Waals surface area contributed by atoms with Crippen LogP contribution in [0.4, 0.5) is 26.3 Å². The molecule has 2 aromatic heterocycles. The Balaban J connectivity index is 1.59. The Morgan fingerprint density at radius 3 is 2.63 bits per heavy atom. The second kappa shape index (κ2) is 9.43. The summed E-state index contributed by atoms with van der Waals surface area (Å²) >= 11 is 0. The molecule has 3 atom stereocenters. The lowest BCUT2D eigenvalue weighted by molar-refractivity contribution is -0.260. The lowest BCUT2D eigenvalue weighted by atomic mass is 9.83. The van der Waals surface area contributed by atoms with Crippen molar-refractivity contribution in [3.05, 3.63) is 48.0 Å². The molecule has 3 N–H and O–H groups in total. The van der Waals surface area contributed by atoms with Crippen LogP contribution in [0.1, 0.15) is 18.9 Å². The third kappa shape index (κ3) is 5.55. The van der Waals surface area contributed by atoms with Crippen molar-refractivity contribution < 1.29 is 40.3 Å². The number of hydrogen-bond acceptors (Lipinski definition) is 8. The largest absolute Gasteiger partial charge is 0.470 e. The van der Waals surface area contributed by atoms with Gasteiger partial charge in [-0.3, -0.25) is 11.1 Å². The summed E-state index contributed by atoms with van der Waals surface area (Å²) < 4.78 is 94.0. The summed E-state index contributed by atoms with van der Waals surface area (Å²) in [5, 5.41) is 6.55. The van der Waals surface area contributed by atoms with E-state index in [-0.39, 0.29) is 28.6 Å². The van der Waals surface area contributed by atoms with E-state index < -0.39 is 49.4 Å². The molecule has 1 saturated heterocycles. The SMILES string of the molecule is C[C@@]1(c2cc(-c3cc(-c4cnc(OCC(F)F)cn4)no3)ccc2F)C[C@@H](C(F)(F)F)OC(N)N1. The molecule has 1 aliphatic heterocycles. The van der Waals surface area contributed by atoms with Crippen molar-refractivity contribution in [2.45, 2.75) is 43.9 Å². The van der Waals surface area contributed by atoms with E-state index in [0.717, 1.165) is 12.3 Å². The molecule has 1 unspecified atom stereocenters. The monoisotopic (exact) mass is 503 g/mol. The third-order valence-electron chi connectivity index (χ3n) is 5.33. The van der Waals surface area contributed by atoms with Gasteiger partial charge >= 0.3 is 6.18 Å². The fraction of sp³-hybridized carbons (Fsp3) is 0.381. The summed E-state index contributed by atoms with van der Waals surface area (Å²) in [6, 6.07) is 5.27. The highest BCUT2D eigenvalue weighted by molar-refractivity contribution is 5.65. The third-order valence-corrected chi connectivity index (χ3v) is 5.33. The number of halogens is 6. The van der Waals surface area contributed by atoms with Gasteiger partial charge in [0, 0.05) is 29.2 Å². The van der Waals surface area contributed by atoms with Crippen molar-refractivity contribution in [1.82, 2.24) is 20.4 Å². The van der Waals surface area contributed by atoms with E-state index in [4.69, 9.17) is 19.7 Å². The van der Waals surface area contributed by atoms with E-state index in [2.05, 4.69) is 20.4 Å². The van der Waals surface area contributed by atoms with Gasteiger partial charge in [-0.25, -0.2) is 23.1 Å². The molecular formula is C21H19F6N5O3. The Labute approximate surface area is 194 Å². The van der Waals surface area contributed by atoms with Gasteiger partial charge in [0.2, 0.25) is 5.88 Å². The quantitative estimate of drug-likeness (QED) is 0.487. The first-order valence-corrected chi connectivity index (χ1v) is 10.2. The number of aromatic nitrogens is 3. The predicted molar refractivity (Wildman–Crippen MR) is 108 cm³/mol. The fourth-order valence-corrected chi connectivity index (χ4v) is 3.69. The van der Waals surface area contributed by atoms with Gasteiger partial charge in [-0.1, -0.05) is 5.16 Å². The van der Waals surface area contributed by atoms with Crippen LogP contribution < -0.4 is 15.8 Å². The number of alkyl halides is 5. The normalized spacial score (nSPS) is 23.0. The molecule has 3 heterocycles. The Kier molecular flexibility index (Phi) is 6.71. The number of nitrogens with zero attached hydrogens (tertiary/aromatic N) is 3. The van der Waals surface area contributed by atoms with E-state index in [9.17, 15) is 26.3 Å². The minimum Gasteiger partial charge on any atom is -0.470 e. The smallest absolute Gasteiger partial charge is 0.414 e. The van der Waals surface area contributed by atoms with Crippen LogP contribution in [0.3, 0.4) is 0 Å². The summed E-state index contributed by atoms with van der Waals surface area (Å²) in [7, 11) is 0. The number of nitrogens with one attached hydrogen (secondary N) is 1. The van der Waals surface area contributed by atoms with Crippen LogP contribution in [0.2, 0.25) is 0 Å². The van der Waals surface area contributed by atoms with Crippen molar-refractivity contribution in [3.63, 3.8) is 0 Å². The molecule has 1 aromatic carbocycles. The van der Waals surface area contributed by atoms with Crippen LogP contribution in [-0.4, -0.2) is 46.8 Å². The second-order valence-corrected chi connectivity index (χ2v) is 7.98. The summed E-state index contributed by atoms with van der Waals surface area (Å²) in [5.41, 5.74) is 4.83. The van der Waals surface area contributed by atoms with Crippen molar-refractivity contribution in [3.8, 4) is 28.6 Å². The highest BCUT2D eigenvalue weighted by atomic mass is 19.4. The first-order valence-electron chi connectivity index (χ1n) is 10.2. The van der Waals surface area contributed by atoms with Crippen molar-refractivity contribution >= 4 is 0 Å². The van der Waals surface area contributed by atoms with Gasteiger partial charge < -0.3 is 14.0 Å². The topological polar surface area (TPSA) is 108 Å². The average Bonchev–Trinajstić information content (AvgIpc) is 3.27. The molecule has 35 heavy (non-hydrogen) atoms. The second-order valence-electron chi connectivity index (χ2n) is 7.98. The van der Waals surface area contributed by atoms with Crippen LogP contribution in [-0.2, 0) is 10.3 Å². The molecule has 0 spiro atoms. The molecular weight excluding hydrogens is 484 g/mol. The van der Waals surface area contributed by atoms with Crippen molar-refractivity contribution in [1.29, 1.82) is 0 Å². The van der Waals surface area contributed by atoms with E-state index in [1.54, 1.807) is 0 Å². The van der Waals surface area contributed by atoms with Crippen molar-refractivity contribution in [2.24, 2.45) is 5.73 Å². The number of benzene rings is 1. The first kappa shape index (κ1) is 24.9. The maximum Gasteiger partial charge on any atom is 0.414 e. The molecule has 0 radical (unpaired) electrons. The zero-order valence-electron chi connectivity index (χ0n) is 18.0. The molecule has 3 aromatic rings. The zero-order chi connectivity index (χ0) is 25.4. The van der Waals surface area contributed by atoms with Crippen LogP contribution in [0.25, 0.3) is 22.7 Å². The number of nitrogens with two attached hydrogens (primary N) is 1. The van der Waals surface area contributed by atoms with Crippen LogP contribution in [0, 0.1) is 5.82 Å². The maximum atomic E-state index is 14.8. The lowest BCUT2D eigenvalue weighted by Crippen LogP contribution is -2.61. The maximum absolute atomic E-state index is 14.8. The molecule has 0 aliphatic carbocycles. The molecule has 4 rings (SSSR count). The Bertz CT molecular complexity index is 1170. The summed E-state index contributed by atoms with van der Waals surface area (Å²) in [5.74, 6) is -0.675. The Morgan fingerprint density at radius 2 is 1.97 bits per heavy atom. The number of hydrogen-bond donors (Lipinski definition) is 2. The fourth-order valence-electron chi connectivity index (χ4n) is 3.69. The standard InChI is InChI=1S/C21H19F6N5O3/c1-20(6-16(21(25,26)27)34-19(28)31-20)11-4-10(2-3-12(11)22)15-5-13(32-35-15)14-7-30-18(8-29-14)33-9-17(23)24/h2-5,7-8,16-17,19,31H,6,9,28H2,1H3/t16-,19?,20-/m0/s1. The van der Waals surface area contributed by atoms with E-state index in [1.807, 2.05) is 0 Å². The van der Waals surface area contributed by atoms with Crippen LogP contribution in [0.15, 0.2) is 41.2 Å². The molecule has 1 aliphatic rings. The molecule has 188 valence electrons. The molecule has 14 heteroatoms. The molecule has 0 bridgehead atoms. The van der Waals surface area contributed by atoms with Gasteiger partial charge in [0.1, 0.15) is 17.2 Å². The van der Waals surface area contributed by atoms with Crippen LogP contribution >= 0.6 is 0 Å². The molecule has 0 amide bonds. The van der Waals surface area contributed by atoms with Gasteiger partial charge in [0.15, 0.2) is 24.8 Å². The van der Waals surface area contributed by atoms with Gasteiger partial charge in [0.05, 0.1) is 12.4 Å². The zero-order valence-corrected chi connectivity index (χ0v) is 18.0. The van der Waals surface area contributed by atoms with E-state index in [1.165, 1.54) is 31.3 Å². The highest BCUT2D eigenvalue weighted by Crippen LogP contribution is 2.40. The Hall–Kier alpha value is -3.23. The molecule has 0 saturated carbocycles.